The maximum Gasteiger partial charge on any atom is 0.237 e. The average Bonchev–Trinajstić information content (AvgIpc) is 2.38. The van der Waals surface area contributed by atoms with Crippen LogP contribution in [0.3, 0.4) is 0 Å². The van der Waals surface area contributed by atoms with Gasteiger partial charge in [-0.1, -0.05) is 31.5 Å². The molecule has 1 aromatic rings. The second-order valence-electron chi connectivity index (χ2n) is 4.39. The Kier molecular flexibility index (Phi) is 8.52. The van der Waals surface area contributed by atoms with Gasteiger partial charge in [-0.3, -0.25) is 4.79 Å². The molecular formula is C15H26N2OS. The second-order valence-corrected chi connectivity index (χ2v) is 5.27. The average molecular weight is 282 g/mol. The molecule has 1 amide bonds. The number of carbonyl (C=O) groups is 1. The number of hydrogen-bond acceptors (Lipinski definition) is 3. The Labute approximate surface area is 121 Å². The highest BCUT2D eigenvalue weighted by atomic mass is 32.2. The number of benzene rings is 1. The van der Waals surface area contributed by atoms with Crippen molar-refractivity contribution in [2.75, 3.05) is 6.26 Å². The van der Waals surface area contributed by atoms with E-state index in [4.69, 9.17) is 11.5 Å². The van der Waals surface area contributed by atoms with Gasteiger partial charge in [0.05, 0.1) is 5.54 Å². The summed E-state index contributed by atoms with van der Waals surface area (Å²) in [4.78, 5) is 11.7. The zero-order valence-corrected chi connectivity index (χ0v) is 13.2. The number of carbonyl (C=O) groups excluding carboxylic acids is 1. The van der Waals surface area contributed by atoms with E-state index in [0.29, 0.717) is 0 Å². The molecule has 0 saturated heterocycles. The molecule has 4 N–H and O–H groups in total. The van der Waals surface area contributed by atoms with Crippen LogP contribution in [0.4, 0.5) is 0 Å². The Hall–Kier alpha value is -1.00. The fourth-order valence-corrected chi connectivity index (χ4v) is 2.06. The third kappa shape index (κ3) is 6.12. The van der Waals surface area contributed by atoms with Crippen LogP contribution in [0.2, 0.25) is 0 Å². The van der Waals surface area contributed by atoms with Gasteiger partial charge >= 0.3 is 0 Å². The van der Waals surface area contributed by atoms with E-state index in [0.717, 1.165) is 19.3 Å². The lowest BCUT2D eigenvalue weighted by atomic mass is 9.77. The molecule has 0 radical (unpaired) electrons. The Bertz CT molecular complexity index is 389. The van der Waals surface area contributed by atoms with Gasteiger partial charge in [-0.2, -0.15) is 0 Å². The highest BCUT2D eigenvalue weighted by Gasteiger charge is 2.38. The molecule has 4 heteroatoms. The van der Waals surface area contributed by atoms with Crippen LogP contribution in [0.25, 0.3) is 0 Å². The molecule has 3 nitrogen and oxygen atoms in total. The maximum absolute atomic E-state index is 10.4. The van der Waals surface area contributed by atoms with Crippen LogP contribution >= 0.6 is 11.8 Å². The maximum atomic E-state index is 10.4. The smallest absolute Gasteiger partial charge is 0.237 e. The van der Waals surface area contributed by atoms with Crippen LogP contribution in [0.1, 0.15) is 38.7 Å². The zero-order valence-electron chi connectivity index (χ0n) is 12.4. The van der Waals surface area contributed by atoms with Gasteiger partial charge in [-0.15, -0.1) is 11.8 Å². The zero-order chi connectivity index (χ0) is 14.9. The van der Waals surface area contributed by atoms with Crippen LogP contribution in [0, 0.1) is 6.92 Å². The fourth-order valence-electron chi connectivity index (χ4n) is 1.55. The van der Waals surface area contributed by atoms with Crippen molar-refractivity contribution in [3.8, 4) is 0 Å². The first kappa shape index (κ1) is 18.0. The summed E-state index contributed by atoms with van der Waals surface area (Å²) in [6.07, 6.45) is 4.67. The summed E-state index contributed by atoms with van der Waals surface area (Å²) in [5.74, 6) is -0.358. The van der Waals surface area contributed by atoms with Crippen molar-refractivity contribution in [1.29, 1.82) is 0 Å². The third-order valence-corrected chi connectivity index (χ3v) is 3.69. The van der Waals surface area contributed by atoms with Crippen LogP contribution in [-0.2, 0) is 4.79 Å². The molecule has 0 atom stereocenters. The predicted octanol–water partition coefficient (Wildman–Crippen LogP) is 3.10. The van der Waals surface area contributed by atoms with Crippen LogP contribution in [0.5, 0.6) is 0 Å². The molecule has 0 aliphatic heterocycles. The van der Waals surface area contributed by atoms with Gasteiger partial charge < -0.3 is 11.5 Å². The van der Waals surface area contributed by atoms with Crippen molar-refractivity contribution in [1.82, 2.24) is 0 Å². The summed E-state index contributed by atoms with van der Waals surface area (Å²) in [6, 6.07) is 8.50. The minimum Gasteiger partial charge on any atom is -0.368 e. The van der Waals surface area contributed by atoms with Crippen LogP contribution in [-0.4, -0.2) is 17.7 Å². The van der Waals surface area contributed by atoms with E-state index in [1.807, 2.05) is 13.8 Å². The van der Waals surface area contributed by atoms with E-state index in [2.05, 4.69) is 37.4 Å². The topological polar surface area (TPSA) is 69.1 Å². The summed E-state index contributed by atoms with van der Waals surface area (Å²) in [6.45, 7) is 6.11. The molecular weight excluding hydrogens is 256 g/mol. The van der Waals surface area contributed by atoms with Gasteiger partial charge in [-0.05, 0) is 44.6 Å². The van der Waals surface area contributed by atoms with Crippen molar-refractivity contribution in [2.45, 2.75) is 50.5 Å². The Morgan fingerprint density at radius 2 is 1.89 bits per heavy atom. The second kappa shape index (κ2) is 8.99. The molecule has 108 valence electrons. The van der Waals surface area contributed by atoms with Gasteiger partial charge in [-0.25, -0.2) is 0 Å². The van der Waals surface area contributed by atoms with Crippen molar-refractivity contribution < 1.29 is 4.79 Å². The first-order chi connectivity index (χ1) is 8.98. The molecule has 1 saturated carbocycles. The molecule has 19 heavy (non-hydrogen) atoms. The Balaban J connectivity index is 0.000000303. The molecule has 2 rings (SSSR count). The molecule has 1 aromatic carbocycles. The van der Waals surface area contributed by atoms with Crippen molar-refractivity contribution >= 4 is 17.7 Å². The van der Waals surface area contributed by atoms with E-state index >= 15 is 0 Å². The molecule has 0 unspecified atom stereocenters. The molecule has 0 bridgehead atoms. The van der Waals surface area contributed by atoms with Crippen molar-refractivity contribution in [3.05, 3.63) is 29.8 Å². The van der Waals surface area contributed by atoms with Gasteiger partial charge in [0, 0.05) is 4.90 Å². The first-order valence-electron chi connectivity index (χ1n) is 6.67. The monoisotopic (exact) mass is 282 g/mol. The van der Waals surface area contributed by atoms with Crippen molar-refractivity contribution in [3.63, 3.8) is 0 Å². The normalized spacial score (nSPS) is 15.0. The summed E-state index contributed by atoms with van der Waals surface area (Å²) in [5, 5.41) is 0. The predicted molar refractivity (Wildman–Crippen MR) is 84.3 cm³/mol. The highest BCUT2D eigenvalue weighted by molar-refractivity contribution is 7.98. The number of amides is 1. The minimum atomic E-state index is -0.639. The van der Waals surface area contributed by atoms with E-state index in [1.54, 1.807) is 11.8 Å². The van der Waals surface area contributed by atoms with Gasteiger partial charge in [0.2, 0.25) is 5.91 Å². The Morgan fingerprint density at radius 3 is 2.11 bits per heavy atom. The molecule has 1 aliphatic rings. The molecule has 0 spiro atoms. The lowest BCUT2D eigenvalue weighted by molar-refractivity contribution is -0.125. The standard InChI is InChI=1S/C8H10S.C5H10N2O.C2H6/c1-7-4-3-5-8(6-7)9-2;6-4(8)5(7)2-1-3-5;1-2/h3-6H,1-2H3;1-3,7H2,(H2,6,8);1-2H3. The van der Waals surface area contributed by atoms with E-state index < -0.39 is 5.54 Å². The van der Waals surface area contributed by atoms with Gasteiger partial charge in [0.1, 0.15) is 0 Å². The molecule has 0 aromatic heterocycles. The number of hydrogen-bond donors (Lipinski definition) is 2. The van der Waals surface area contributed by atoms with E-state index in [9.17, 15) is 4.79 Å². The summed E-state index contributed by atoms with van der Waals surface area (Å²) in [5.41, 5.74) is 11.1. The van der Waals surface area contributed by atoms with E-state index in [1.165, 1.54) is 10.5 Å². The lowest BCUT2D eigenvalue weighted by Gasteiger charge is -2.34. The number of thioether (sulfide) groups is 1. The quantitative estimate of drug-likeness (QED) is 0.819. The molecule has 1 aliphatic carbocycles. The van der Waals surface area contributed by atoms with E-state index in [-0.39, 0.29) is 5.91 Å². The highest BCUT2D eigenvalue weighted by Crippen LogP contribution is 2.28. The van der Waals surface area contributed by atoms with Crippen LogP contribution in [0.15, 0.2) is 29.2 Å². The number of nitrogens with two attached hydrogens (primary N) is 2. The first-order valence-corrected chi connectivity index (χ1v) is 7.90. The number of primary amides is 1. The summed E-state index contributed by atoms with van der Waals surface area (Å²) < 4.78 is 0. The molecule has 1 fully saturated rings. The van der Waals surface area contributed by atoms with Crippen molar-refractivity contribution in [2.24, 2.45) is 11.5 Å². The number of aryl methyl sites for hydroxylation is 1. The lowest BCUT2D eigenvalue weighted by Crippen LogP contribution is -2.56. The van der Waals surface area contributed by atoms with Crippen LogP contribution < -0.4 is 11.5 Å². The SMILES string of the molecule is CC.CSc1cccc(C)c1.NC(=O)C1(N)CCC1. The summed E-state index contributed by atoms with van der Waals surface area (Å²) >= 11 is 1.78. The molecule has 0 heterocycles. The number of rotatable bonds is 2. The fraction of sp³-hybridized carbons (Fsp3) is 0.533. The van der Waals surface area contributed by atoms with Gasteiger partial charge in [0.25, 0.3) is 0 Å². The summed E-state index contributed by atoms with van der Waals surface area (Å²) in [7, 11) is 0. The minimum absolute atomic E-state index is 0.358. The van der Waals surface area contributed by atoms with Gasteiger partial charge in [0.15, 0.2) is 0 Å². The Morgan fingerprint density at radius 1 is 1.32 bits per heavy atom. The third-order valence-electron chi connectivity index (χ3n) is 2.96. The largest absolute Gasteiger partial charge is 0.368 e.